The van der Waals surface area contributed by atoms with Gasteiger partial charge in [-0.25, -0.2) is 0 Å². The van der Waals surface area contributed by atoms with Gasteiger partial charge in [0.05, 0.1) is 103 Å². The maximum atomic E-state index is 12.6. The van der Waals surface area contributed by atoms with Crippen LogP contribution in [0.5, 0.6) is 0 Å². The fraction of sp³-hybridized carbons (Fsp3) is 0.562. The van der Waals surface area contributed by atoms with E-state index in [1.807, 2.05) is 0 Å². The molecule has 0 aromatic rings. The number of rotatable bonds is 31. The summed E-state index contributed by atoms with van der Waals surface area (Å²) >= 11 is 0. The first kappa shape index (κ1) is 39.1. The Kier molecular flexibility index (Phi) is 24.1. The normalized spacial score (nSPS) is 11.3. The maximum Gasteiger partial charge on any atom is 0.306 e. The van der Waals surface area contributed by atoms with Crippen LogP contribution in [-0.2, 0) is 47.5 Å². The number of carbonyl (C=O) groups excluding carboxylic acids is 2. The van der Waals surface area contributed by atoms with Crippen molar-refractivity contribution in [2.24, 2.45) is 10.8 Å². The number of esters is 2. The van der Waals surface area contributed by atoms with Gasteiger partial charge in [-0.3, -0.25) is 9.59 Å². The molecule has 0 aliphatic carbocycles. The van der Waals surface area contributed by atoms with Crippen molar-refractivity contribution in [3.8, 4) is 0 Å². The summed E-state index contributed by atoms with van der Waals surface area (Å²) in [7, 11) is 0. The van der Waals surface area contributed by atoms with Crippen LogP contribution in [0.4, 0.5) is 0 Å². The highest BCUT2D eigenvalue weighted by molar-refractivity contribution is 5.77. The second-order valence-corrected chi connectivity index (χ2v) is 9.64. The Labute approximate surface area is 251 Å². The zero-order valence-corrected chi connectivity index (χ0v) is 25.1. The van der Waals surface area contributed by atoms with E-state index in [-0.39, 0.29) is 65.7 Å². The quantitative estimate of drug-likeness (QED) is 0.0663. The smallest absolute Gasteiger partial charge is 0.306 e. The molecule has 0 fully saturated rings. The maximum absolute atomic E-state index is 12.6. The van der Waals surface area contributed by atoms with Crippen molar-refractivity contribution >= 4 is 11.9 Å². The van der Waals surface area contributed by atoms with Gasteiger partial charge in [0.15, 0.2) is 0 Å². The van der Waals surface area contributed by atoms with Gasteiger partial charge in [0, 0.05) is 0 Å². The third-order valence-electron chi connectivity index (χ3n) is 5.48. The lowest BCUT2D eigenvalue weighted by Gasteiger charge is -2.32. The lowest BCUT2D eigenvalue weighted by molar-refractivity contribution is -0.161. The Morgan fingerprint density at radius 3 is 0.810 bits per heavy atom. The van der Waals surface area contributed by atoms with Crippen LogP contribution in [0.3, 0.4) is 0 Å². The fourth-order valence-electron chi connectivity index (χ4n) is 3.47. The molecular formula is C32H50O10. The third-order valence-corrected chi connectivity index (χ3v) is 5.48. The lowest BCUT2D eigenvalue weighted by Crippen LogP contribution is -2.43. The third kappa shape index (κ3) is 19.3. The zero-order valence-electron chi connectivity index (χ0n) is 25.1. The molecule has 0 bridgehead atoms. The molecule has 0 saturated heterocycles. The average Bonchev–Trinajstić information content (AvgIpc) is 2.98. The molecule has 238 valence electrons. The van der Waals surface area contributed by atoms with Crippen molar-refractivity contribution in [1.82, 2.24) is 0 Å². The predicted molar refractivity (Wildman–Crippen MR) is 162 cm³/mol. The van der Waals surface area contributed by atoms with E-state index in [4.69, 9.17) is 37.9 Å². The summed E-state index contributed by atoms with van der Waals surface area (Å²) in [6, 6.07) is 0. The van der Waals surface area contributed by atoms with Gasteiger partial charge in [-0.2, -0.15) is 0 Å². The van der Waals surface area contributed by atoms with Gasteiger partial charge in [-0.05, 0) is 0 Å². The highest BCUT2D eigenvalue weighted by atomic mass is 16.6. The van der Waals surface area contributed by atoms with E-state index in [1.165, 1.54) is 0 Å². The summed E-state index contributed by atoms with van der Waals surface area (Å²) in [5.74, 6) is -1.15. The molecule has 0 radical (unpaired) electrons. The SMILES string of the molecule is C=CCOCC(COCC=C)(COCC=C)COC(=O)CCC(=O)OCC(COCC=C)(COCC=C)COCC=C. The summed E-state index contributed by atoms with van der Waals surface area (Å²) in [6.45, 7) is 24.9. The van der Waals surface area contributed by atoms with Crippen LogP contribution in [0.25, 0.3) is 0 Å². The highest BCUT2D eigenvalue weighted by Gasteiger charge is 2.35. The van der Waals surface area contributed by atoms with E-state index in [0.29, 0.717) is 39.6 Å². The van der Waals surface area contributed by atoms with Gasteiger partial charge in [0.25, 0.3) is 0 Å². The molecule has 0 amide bonds. The standard InChI is InChI=1S/C32H50O10/c1-7-15-35-21-31(22-36-16-8-2,23-37-17-9-3)27-41-29(33)13-14-30(34)42-28-32(24-38-18-10-4,25-39-19-11-5)26-40-20-12-6/h7-12H,1-6,13-28H2. The molecule has 0 unspecified atom stereocenters. The van der Waals surface area contributed by atoms with Crippen molar-refractivity contribution in [2.75, 3.05) is 92.5 Å². The molecule has 0 aromatic heterocycles. The number of carbonyl (C=O) groups is 2. The Bertz CT molecular complexity index is 669. The molecule has 10 heteroatoms. The van der Waals surface area contributed by atoms with Crippen LogP contribution in [0.15, 0.2) is 75.9 Å². The fourth-order valence-corrected chi connectivity index (χ4v) is 3.47. The average molecular weight is 595 g/mol. The summed E-state index contributed by atoms with van der Waals surface area (Å²) in [5, 5.41) is 0. The number of hydrogen-bond acceptors (Lipinski definition) is 10. The first-order chi connectivity index (χ1) is 20.4. The Morgan fingerprint density at radius 2 is 0.619 bits per heavy atom. The summed E-state index contributed by atoms with van der Waals surface area (Å²) < 4.78 is 45.1. The van der Waals surface area contributed by atoms with Crippen molar-refractivity contribution in [3.05, 3.63) is 75.9 Å². The van der Waals surface area contributed by atoms with Crippen molar-refractivity contribution in [3.63, 3.8) is 0 Å². The van der Waals surface area contributed by atoms with Crippen LogP contribution in [0.2, 0.25) is 0 Å². The van der Waals surface area contributed by atoms with Crippen LogP contribution >= 0.6 is 0 Å². The van der Waals surface area contributed by atoms with Gasteiger partial charge in [-0.1, -0.05) is 36.5 Å². The molecule has 0 spiro atoms. The van der Waals surface area contributed by atoms with Crippen molar-refractivity contribution < 1.29 is 47.5 Å². The molecule has 0 atom stereocenters. The zero-order chi connectivity index (χ0) is 31.4. The van der Waals surface area contributed by atoms with Gasteiger partial charge >= 0.3 is 11.9 Å². The highest BCUT2D eigenvalue weighted by Crippen LogP contribution is 2.23. The van der Waals surface area contributed by atoms with E-state index in [1.54, 1.807) is 36.5 Å². The van der Waals surface area contributed by atoms with Gasteiger partial charge in [0.1, 0.15) is 13.2 Å². The van der Waals surface area contributed by atoms with E-state index in [2.05, 4.69) is 39.5 Å². The van der Waals surface area contributed by atoms with Crippen molar-refractivity contribution in [2.45, 2.75) is 12.8 Å². The van der Waals surface area contributed by atoms with Crippen molar-refractivity contribution in [1.29, 1.82) is 0 Å². The van der Waals surface area contributed by atoms with Crippen LogP contribution in [0.1, 0.15) is 12.8 Å². The molecule has 42 heavy (non-hydrogen) atoms. The molecule has 0 saturated carbocycles. The Morgan fingerprint density at radius 1 is 0.405 bits per heavy atom. The summed E-state index contributed by atoms with van der Waals surface area (Å²) in [4.78, 5) is 25.2. The number of hydrogen-bond donors (Lipinski definition) is 0. The van der Waals surface area contributed by atoms with E-state index < -0.39 is 22.8 Å². The molecular weight excluding hydrogens is 544 g/mol. The molecule has 0 heterocycles. The summed E-state index contributed by atoms with van der Waals surface area (Å²) in [6.07, 6.45) is 9.37. The number of ether oxygens (including phenoxy) is 8. The van der Waals surface area contributed by atoms with Gasteiger partial charge in [-0.15, -0.1) is 39.5 Å². The molecule has 0 rings (SSSR count). The lowest BCUT2D eigenvalue weighted by atomic mass is 9.92. The predicted octanol–water partition coefficient (Wildman–Crippen LogP) is 4.04. The minimum Gasteiger partial charge on any atom is -0.465 e. The first-order valence-electron chi connectivity index (χ1n) is 13.8. The monoisotopic (exact) mass is 594 g/mol. The first-order valence-corrected chi connectivity index (χ1v) is 13.8. The molecule has 0 aromatic carbocycles. The topological polar surface area (TPSA) is 108 Å². The van der Waals surface area contributed by atoms with Crippen LogP contribution < -0.4 is 0 Å². The molecule has 0 aliphatic heterocycles. The van der Waals surface area contributed by atoms with E-state index >= 15 is 0 Å². The Hall–Kier alpha value is -2.86. The van der Waals surface area contributed by atoms with Gasteiger partial charge < -0.3 is 37.9 Å². The summed E-state index contributed by atoms with van der Waals surface area (Å²) in [5.41, 5.74) is -1.57. The van der Waals surface area contributed by atoms with Gasteiger partial charge in [0.2, 0.25) is 0 Å². The van der Waals surface area contributed by atoms with Crippen LogP contribution in [-0.4, -0.2) is 104 Å². The minimum absolute atomic E-state index is 0.0443. The molecule has 10 nitrogen and oxygen atoms in total. The van der Waals surface area contributed by atoms with Crippen LogP contribution in [0, 0.1) is 10.8 Å². The van der Waals surface area contributed by atoms with E-state index in [9.17, 15) is 9.59 Å². The second-order valence-electron chi connectivity index (χ2n) is 9.64. The molecule has 0 N–H and O–H groups in total. The second kappa shape index (κ2) is 25.8. The largest absolute Gasteiger partial charge is 0.465 e. The Balaban J connectivity index is 5.21. The van der Waals surface area contributed by atoms with E-state index in [0.717, 1.165) is 0 Å². The molecule has 0 aliphatic rings. The minimum atomic E-state index is -0.785.